The lowest BCUT2D eigenvalue weighted by molar-refractivity contribution is -0.123. The van der Waals surface area contributed by atoms with E-state index in [4.69, 9.17) is 11.6 Å². The fraction of sp³-hybridized carbons (Fsp3) is 0.238. The van der Waals surface area contributed by atoms with Gasteiger partial charge in [0.2, 0.25) is 5.91 Å². The van der Waals surface area contributed by atoms with Crippen molar-refractivity contribution in [2.75, 3.05) is 0 Å². The van der Waals surface area contributed by atoms with E-state index >= 15 is 0 Å². The van der Waals surface area contributed by atoms with Crippen molar-refractivity contribution in [1.29, 1.82) is 0 Å². The van der Waals surface area contributed by atoms with Gasteiger partial charge in [-0.25, -0.2) is 0 Å². The van der Waals surface area contributed by atoms with Crippen LogP contribution in [-0.4, -0.2) is 15.7 Å². The van der Waals surface area contributed by atoms with Crippen molar-refractivity contribution in [3.05, 3.63) is 88.7 Å². The minimum absolute atomic E-state index is 0.0775. The van der Waals surface area contributed by atoms with E-state index in [2.05, 4.69) is 22.5 Å². The van der Waals surface area contributed by atoms with Crippen LogP contribution in [0, 0.1) is 0 Å². The van der Waals surface area contributed by atoms with Gasteiger partial charge in [0.05, 0.1) is 12.0 Å². The van der Waals surface area contributed by atoms with Crippen LogP contribution in [0.15, 0.2) is 67.0 Å². The number of hydrogen-bond acceptors (Lipinski definition) is 2. The van der Waals surface area contributed by atoms with Gasteiger partial charge in [-0.2, -0.15) is 5.10 Å². The number of carbonyl (C=O) groups is 1. The summed E-state index contributed by atoms with van der Waals surface area (Å²) in [6.45, 7) is 1.21. The van der Waals surface area contributed by atoms with Gasteiger partial charge in [0.15, 0.2) is 0 Å². The zero-order chi connectivity index (χ0) is 18.0. The first-order valence-corrected chi connectivity index (χ1v) is 9.14. The summed E-state index contributed by atoms with van der Waals surface area (Å²) >= 11 is 6.10. The lowest BCUT2D eigenvalue weighted by Crippen LogP contribution is -2.34. The fourth-order valence-electron chi connectivity index (χ4n) is 3.36. The minimum Gasteiger partial charge on any atom is -0.351 e. The topological polar surface area (TPSA) is 46.9 Å². The third-order valence-electron chi connectivity index (χ3n) is 5.01. The smallest absolute Gasteiger partial charge is 0.230 e. The maximum Gasteiger partial charge on any atom is 0.230 e. The molecule has 0 bridgehead atoms. The molecule has 0 spiro atoms. The van der Waals surface area contributed by atoms with Crippen molar-refractivity contribution in [3.63, 3.8) is 0 Å². The van der Waals surface area contributed by atoms with Gasteiger partial charge in [0, 0.05) is 24.0 Å². The summed E-state index contributed by atoms with van der Waals surface area (Å²) in [5.41, 5.74) is 2.86. The van der Waals surface area contributed by atoms with Crippen molar-refractivity contribution < 1.29 is 4.79 Å². The van der Waals surface area contributed by atoms with Crippen LogP contribution in [0.1, 0.15) is 29.5 Å². The molecule has 132 valence electrons. The highest BCUT2D eigenvalue weighted by atomic mass is 35.5. The minimum atomic E-state index is -0.415. The Bertz CT molecular complexity index is 917. The number of amides is 1. The average molecular weight is 366 g/mol. The molecular weight excluding hydrogens is 346 g/mol. The predicted octanol–water partition coefficient (Wildman–Crippen LogP) is 3.93. The highest BCUT2D eigenvalue weighted by molar-refractivity contribution is 6.30. The van der Waals surface area contributed by atoms with Crippen LogP contribution in [0.4, 0.5) is 0 Å². The Hall–Kier alpha value is -2.59. The van der Waals surface area contributed by atoms with E-state index in [0.717, 1.165) is 29.5 Å². The molecule has 1 aromatic heterocycles. The number of nitrogens with one attached hydrogen (secondary N) is 1. The Kier molecular flexibility index (Phi) is 4.51. The summed E-state index contributed by atoms with van der Waals surface area (Å²) in [7, 11) is 0. The van der Waals surface area contributed by atoms with Gasteiger partial charge in [-0.3, -0.25) is 9.48 Å². The van der Waals surface area contributed by atoms with E-state index in [1.165, 1.54) is 0 Å². The van der Waals surface area contributed by atoms with Crippen molar-refractivity contribution in [2.24, 2.45) is 0 Å². The Morgan fingerprint density at radius 1 is 1.12 bits per heavy atom. The van der Waals surface area contributed by atoms with Crippen LogP contribution in [0.25, 0.3) is 0 Å². The quantitative estimate of drug-likeness (QED) is 0.719. The van der Waals surface area contributed by atoms with Gasteiger partial charge in [0.25, 0.3) is 0 Å². The third kappa shape index (κ3) is 3.37. The molecule has 1 heterocycles. The Balaban J connectivity index is 1.47. The van der Waals surface area contributed by atoms with E-state index in [9.17, 15) is 4.79 Å². The number of benzene rings is 2. The number of nitrogens with zero attached hydrogens (tertiary/aromatic N) is 2. The molecule has 0 atom stereocenters. The third-order valence-corrected chi connectivity index (χ3v) is 5.25. The predicted molar refractivity (Wildman–Crippen MR) is 102 cm³/mol. The monoisotopic (exact) mass is 365 g/mol. The van der Waals surface area contributed by atoms with Crippen LogP contribution in [-0.2, 0) is 23.3 Å². The number of halogens is 1. The van der Waals surface area contributed by atoms with Crippen LogP contribution < -0.4 is 5.32 Å². The highest BCUT2D eigenvalue weighted by Gasteiger charge is 2.51. The van der Waals surface area contributed by atoms with Crippen LogP contribution in [0.2, 0.25) is 5.02 Å². The second-order valence-corrected chi connectivity index (χ2v) is 7.18. The summed E-state index contributed by atoms with van der Waals surface area (Å²) in [4.78, 5) is 12.9. The SMILES string of the molecule is O=C(NCc1ccccc1Cn1cccn1)C1(c2cccc(Cl)c2)CC1. The molecule has 4 rings (SSSR count). The maximum atomic E-state index is 12.9. The molecule has 26 heavy (non-hydrogen) atoms. The van der Waals surface area contributed by atoms with Gasteiger partial charge < -0.3 is 5.32 Å². The van der Waals surface area contributed by atoms with E-state index in [0.29, 0.717) is 18.1 Å². The molecule has 1 N–H and O–H groups in total. The van der Waals surface area contributed by atoms with Crippen molar-refractivity contribution in [3.8, 4) is 0 Å². The molecule has 0 radical (unpaired) electrons. The molecule has 1 fully saturated rings. The average Bonchev–Trinajstić information content (AvgIpc) is 3.32. The molecule has 1 amide bonds. The number of rotatable bonds is 6. The second-order valence-electron chi connectivity index (χ2n) is 6.75. The number of carbonyl (C=O) groups excluding carboxylic acids is 1. The first kappa shape index (κ1) is 16.9. The van der Waals surface area contributed by atoms with E-state index in [1.54, 1.807) is 6.20 Å². The van der Waals surface area contributed by atoms with E-state index in [-0.39, 0.29) is 5.91 Å². The second kappa shape index (κ2) is 6.96. The molecule has 1 saturated carbocycles. The summed E-state index contributed by atoms with van der Waals surface area (Å²) in [6.07, 6.45) is 5.45. The molecule has 4 nitrogen and oxygen atoms in total. The molecule has 0 saturated heterocycles. The molecule has 1 aliphatic rings. The van der Waals surface area contributed by atoms with Crippen molar-refractivity contribution >= 4 is 17.5 Å². The molecule has 0 unspecified atom stereocenters. The molecule has 3 aromatic rings. The van der Waals surface area contributed by atoms with Crippen LogP contribution in [0.3, 0.4) is 0 Å². The van der Waals surface area contributed by atoms with Crippen molar-refractivity contribution in [1.82, 2.24) is 15.1 Å². The van der Waals surface area contributed by atoms with Gasteiger partial charge in [-0.1, -0.05) is 48.0 Å². The molecule has 2 aromatic carbocycles. The Morgan fingerprint density at radius 2 is 1.92 bits per heavy atom. The summed E-state index contributed by atoms with van der Waals surface area (Å²) in [6, 6.07) is 17.7. The molecule has 1 aliphatic carbocycles. The van der Waals surface area contributed by atoms with Crippen molar-refractivity contribution in [2.45, 2.75) is 31.3 Å². The number of aromatic nitrogens is 2. The summed E-state index contributed by atoms with van der Waals surface area (Å²) in [5.74, 6) is 0.0775. The largest absolute Gasteiger partial charge is 0.351 e. The van der Waals surface area contributed by atoms with Gasteiger partial charge in [0.1, 0.15) is 0 Å². The lowest BCUT2D eigenvalue weighted by Gasteiger charge is -2.17. The molecule has 0 aliphatic heterocycles. The first-order chi connectivity index (χ1) is 12.7. The maximum absolute atomic E-state index is 12.9. The number of hydrogen-bond donors (Lipinski definition) is 1. The zero-order valence-electron chi connectivity index (χ0n) is 14.4. The van der Waals surface area contributed by atoms with E-state index in [1.807, 2.05) is 53.3 Å². The van der Waals surface area contributed by atoms with Gasteiger partial charge in [-0.05, 0) is 47.7 Å². The zero-order valence-corrected chi connectivity index (χ0v) is 15.1. The standard InChI is InChI=1S/C21H20ClN3O/c22-19-8-3-7-18(13-19)21(9-10-21)20(26)23-14-16-5-1-2-6-17(16)15-25-12-4-11-24-25/h1-8,11-13H,9-10,14-15H2,(H,23,26). The van der Waals surface area contributed by atoms with Crippen LogP contribution >= 0.6 is 11.6 Å². The normalized spacial score (nSPS) is 14.8. The summed E-state index contributed by atoms with van der Waals surface area (Å²) < 4.78 is 1.88. The van der Waals surface area contributed by atoms with Gasteiger partial charge >= 0.3 is 0 Å². The highest BCUT2D eigenvalue weighted by Crippen LogP contribution is 2.48. The summed E-state index contributed by atoms with van der Waals surface area (Å²) in [5, 5.41) is 8.06. The Morgan fingerprint density at radius 3 is 2.62 bits per heavy atom. The fourth-order valence-corrected chi connectivity index (χ4v) is 3.55. The molecule has 5 heteroatoms. The first-order valence-electron chi connectivity index (χ1n) is 8.76. The lowest BCUT2D eigenvalue weighted by atomic mass is 9.95. The van der Waals surface area contributed by atoms with Crippen LogP contribution in [0.5, 0.6) is 0 Å². The van der Waals surface area contributed by atoms with Gasteiger partial charge in [-0.15, -0.1) is 0 Å². The Labute approximate surface area is 157 Å². The van der Waals surface area contributed by atoms with E-state index < -0.39 is 5.41 Å². The molecular formula is C21H20ClN3O.